The molecule has 1 aliphatic rings. The van der Waals surface area contributed by atoms with Gasteiger partial charge in [0.15, 0.2) is 5.96 Å². The lowest BCUT2D eigenvalue weighted by Crippen LogP contribution is -2.38. The highest BCUT2D eigenvalue weighted by molar-refractivity contribution is 5.79. The number of guanidine groups is 1. The van der Waals surface area contributed by atoms with Gasteiger partial charge in [-0.1, -0.05) is 30.3 Å². The summed E-state index contributed by atoms with van der Waals surface area (Å²) in [4.78, 5) is 11.4. The van der Waals surface area contributed by atoms with Crippen LogP contribution in [0.1, 0.15) is 23.6 Å². The summed E-state index contributed by atoms with van der Waals surface area (Å²) < 4.78 is 10.6. The summed E-state index contributed by atoms with van der Waals surface area (Å²) in [7, 11) is 1.62. The Morgan fingerprint density at radius 3 is 2.62 bits per heavy atom. The van der Waals surface area contributed by atoms with Gasteiger partial charge in [0.05, 0.1) is 26.9 Å². The molecule has 2 N–H and O–H groups in total. The molecule has 0 radical (unpaired) electrons. The molecular formula is C22H31N5O2. The van der Waals surface area contributed by atoms with Crippen molar-refractivity contribution in [1.82, 2.24) is 20.5 Å². The Kier molecular flexibility index (Phi) is 8.27. The molecule has 1 fully saturated rings. The minimum absolute atomic E-state index is 0.557. The number of rotatable bonds is 8. The fourth-order valence-electron chi connectivity index (χ4n) is 3.20. The second kappa shape index (κ2) is 11.4. The van der Waals surface area contributed by atoms with E-state index < -0.39 is 0 Å². The Hall–Kier alpha value is -2.64. The van der Waals surface area contributed by atoms with E-state index in [1.54, 1.807) is 13.3 Å². The summed E-state index contributed by atoms with van der Waals surface area (Å²) in [5.74, 6) is 1.41. The highest BCUT2D eigenvalue weighted by Crippen LogP contribution is 2.13. The number of morpholine rings is 1. The summed E-state index contributed by atoms with van der Waals surface area (Å²) in [5.41, 5.74) is 3.67. The third-order valence-electron chi connectivity index (χ3n) is 4.83. The Bertz CT molecular complexity index is 773. The van der Waals surface area contributed by atoms with Gasteiger partial charge in [0.25, 0.3) is 0 Å². The predicted molar refractivity (Wildman–Crippen MR) is 115 cm³/mol. The van der Waals surface area contributed by atoms with Crippen molar-refractivity contribution in [3.8, 4) is 5.88 Å². The number of hydrogen-bond acceptors (Lipinski definition) is 5. The van der Waals surface area contributed by atoms with Gasteiger partial charge in [-0.3, -0.25) is 4.90 Å². The Labute approximate surface area is 173 Å². The minimum Gasteiger partial charge on any atom is -0.481 e. The van der Waals surface area contributed by atoms with Crippen LogP contribution < -0.4 is 15.4 Å². The normalized spacial score (nSPS) is 15.2. The van der Waals surface area contributed by atoms with E-state index in [4.69, 9.17) is 9.47 Å². The van der Waals surface area contributed by atoms with Crippen LogP contribution in [0.15, 0.2) is 47.6 Å². The Morgan fingerprint density at radius 2 is 1.93 bits per heavy atom. The first-order chi connectivity index (χ1) is 14.3. The molecular weight excluding hydrogens is 366 g/mol. The molecule has 0 amide bonds. The molecule has 1 aromatic heterocycles. The number of benzene rings is 1. The maximum absolute atomic E-state index is 5.46. The van der Waals surface area contributed by atoms with Crippen molar-refractivity contribution < 1.29 is 9.47 Å². The van der Waals surface area contributed by atoms with Crippen LogP contribution in [0.25, 0.3) is 0 Å². The van der Waals surface area contributed by atoms with E-state index in [9.17, 15) is 0 Å². The lowest BCUT2D eigenvalue weighted by Gasteiger charge is -2.27. The van der Waals surface area contributed by atoms with Crippen molar-refractivity contribution in [2.45, 2.75) is 26.6 Å². The fourth-order valence-corrected chi connectivity index (χ4v) is 3.20. The first-order valence-corrected chi connectivity index (χ1v) is 10.2. The topological polar surface area (TPSA) is 71.0 Å². The van der Waals surface area contributed by atoms with Crippen molar-refractivity contribution >= 4 is 5.96 Å². The second-order valence-electron chi connectivity index (χ2n) is 6.91. The Morgan fingerprint density at radius 1 is 1.14 bits per heavy atom. The minimum atomic E-state index is 0.557. The molecule has 0 bridgehead atoms. The Balaban J connectivity index is 1.60. The standard InChI is InChI=1S/C22H31N5O2/c1-3-23-22(25-15-18-8-9-21(28-2)24-14-18)26-16-19-6-4-5-7-20(19)17-27-10-12-29-13-11-27/h4-9,14H,3,10-13,15-17H2,1-2H3,(H2,23,25,26). The van der Waals surface area contributed by atoms with Crippen molar-refractivity contribution in [2.24, 2.45) is 4.99 Å². The quantitative estimate of drug-likeness (QED) is 0.526. The zero-order chi connectivity index (χ0) is 20.3. The number of ether oxygens (including phenoxy) is 2. The van der Waals surface area contributed by atoms with E-state index in [0.717, 1.165) is 57.5 Å². The van der Waals surface area contributed by atoms with Crippen LogP contribution in [0, 0.1) is 0 Å². The molecule has 0 atom stereocenters. The molecule has 7 heteroatoms. The molecule has 7 nitrogen and oxygen atoms in total. The van der Waals surface area contributed by atoms with E-state index in [1.807, 2.05) is 12.1 Å². The van der Waals surface area contributed by atoms with E-state index in [0.29, 0.717) is 12.4 Å². The number of nitrogens with zero attached hydrogens (tertiary/aromatic N) is 3. The first-order valence-electron chi connectivity index (χ1n) is 10.2. The van der Waals surface area contributed by atoms with Gasteiger partial charge in [0.2, 0.25) is 5.88 Å². The zero-order valence-electron chi connectivity index (χ0n) is 17.4. The van der Waals surface area contributed by atoms with Crippen LogP contribution in [0.4, 0.5) is 0 Å². The van der Waals surface area contributed by atoms with Gasteiger partial charge in [0, 0.05) is 45.0 Å². The maximum Gasteiger partial charge on any atom is 0.212 e. The van der Waals surface area contributed by atoms with Gasteiger partial charge in [-0.15, -0.1) is 0 Å². The number of methoxy groups -OCH3 is 1. The molecule has 2 aromatic rings. The number of aromatic nitrogens is 1. The van der Waals surface area contributed by atoms with Crippen LogP contribution in [-0.2, 0) is 24.4 Å². The molecule has 0 aliphatic carbocycles. The maximum atomic E-state index is 5.46. The van der Waals surface area contributed by atoms with Crippen molar-refractivity contribution in [3.63, 3.8) is 0 Å². The fraction of sp³-hybridized carbons (Fsp3) is 0.455. The molecule has 1 saturated heterocycles. The summed E-state index contributed by atoms with van der Waals surface area (Å²) in [6.07, 6.45) is 1.80. The SMILES string of the molecule is CCNC(=NCc1ccc(OC)nc1)NCc1ccccc1CN1CCOCC1. The summed E-state index contributed by atoms with van der Waals surface area (Å²) in [5, 5.41) is 6.77. The van der Waals surface area contributed by atoms with Crippen LogP contribution in [-0.4, -0.2) is 55.8 Å². The van der Waals surface area contributed by atoms with E-state index in [-0.39, 0.29) is 0 Å². The van der Waals surface area contributed by atoms with E-state index in [2.05, 4.69) is 56.7 Å². The number of pyridine rings is 1. The average molecular weight is 398 g/mol. The van der Waals surface area contributed by atoms with Gasteiger partial charge >= 0.3 is 0 Å². The molecule has 2 heterocycles. The number of nitrogens with one attached hydrogen (secondary N) is 2. The van der Waals surface area contributed by atoms with Crippen molar-refractivity contribution in [2.75, 3.05) is 40.0 Å². The third-order valence-corrected chi connectivity index (χ3v) is 4.83. The van der Waals surface area contributed by atoms with Crippen molar-refractivity contribution in [1.29, 1.82) is 0 Å². The molecule has 1 aromatic carbocycles. The lowest BCUT2D eigenvalue weighted by molar-refractivity contribution is 0.0341. The molecule has 1 aliphatic heterocycles. The summed E-state index contributed by atoms with van der Waals surface area (Å²) >= 11 is 0. The molecule has 156 valence electrons. The largest absolute Gasteiger partial charge is 0.481 e. The van der Waals surface area contributed by atoms with Gasteiger partial charge in [-0.2, -0.15) is 0 Å². The van der Waals surface area contributed by atoms with Crippen LogP contribution in [0.5, 0.6) is 5.88 Å². The average Bonchev–Trinajstić information content (AvgIpc) is 2.77. The van der Waals surface area contributed by atoms with Crippen LogP contribution in [0.3, 0.4) is 0 Å². The van der Waals surface area contributed by atoms with Gasteiger partial charge in [-0.25, -0.2) is 9.98 Å². The van der Waals surface area contributed by atoms with Gasteiger partial charge in [0.1, 0.15) is 0 Å². The number of hydrogen-bond donors (Lipinski definition) is 2. The smallest absolute Gasteiger partial charge is 0.212 e. The van der Waals surface area contributed by atoms with E-state index in [1.165, 1.54) is 11.1 Å². The molecule has 0 saturated carbocycles. The molecule has 0 spiro atoms. The molecule has 3 rings (SSSR count). The molecule has 0 unspecified atom stereocenters. The first kappa shape index (κ1) is 21.1. The summed E-state index contributed by atoms with van der Waals surface area (Å²) in [6.45, 7) is 8.72. The monoisotopic (exact) mass is 397 g/mol. The van der Waals surface area contributed by atoms with Gasteiger partial charge < -0.3 is 20.1 Å². The molecule has 29 heavy (non-hydrogen) atoms. The predicted octanol–water partition coefficient (Wildman–Crippen LogP) is 2.18. The highest BCUT2D eigenvalue weighted by atomic mass is 16.5. The van der Waals surface area contributed by atoms with Crippen LogP contribution >= 0.6 is 0 Å². The third kappa shape index (κ3) is 6.73. The van der Waals surface area contributed by atoms with Crippen molar-refractivity contribution in [3.05, 3.63) is 59.3 Å². The lowest BCUT2D eigenvalue weighted by atomic mass is 10.1. The van der Waals surface area contributed by atoms with E-state index >= 15 is 0 Å². The second-order valence-corrected chi connectivity index (χ2v) is 6.91. The highest BCUT2D eigenvalue weighted by Gasteiger charge is 2.12. The van der Waals surface area contributed by atoms with Crippen LogP contribution in [0.2, 0.25) is 0 Å². The zero-order valence-corrected chi connectivity index (χ0v) is 17.4. The summed E-state index contributed by atoms with van der Waals surface area (Å²) in [6, 6.07) is 12.4. The van der Waals surface area contributed by atoms with Gasteiger partial charge in [-0.05, 0) is 23.6 Å². The number of aliphatic imine (C=N–C) groups is 1.